The van der Waals surface area contributed by atoms with E-state index in [-0.39, 0.29) is 0 Å². The van der Waals surface area contributed by atoms with Crippen molar-refractivity contribution in [1.82, 2.24) is 9.97 Å². The van der Waals surface area contributed by atoms with Crippen LogP contribution in [0.1, 0.15) is 27.2 Å². The molecule has 3 N–H and O–H groups in total. The lowest BCUT2D eigenvalue weighted by Crippen LogP contribution is -2.18. The van der Waals surface area contributed by atoms with Crippen LogP contribution in [0.2, 0.25) is 0 Å². The van der Waals surface area contributed by atoms with Gasteiger partial charge in [0.05, 0.1) is 11.1 Å². The van der Waals surface area contributed by atoms with Gasteiger partial charge in [-0.15, -0.1) is 0 Å². The van der Waals surface area contributed by atoms with E-state index in [2.05, 4.69) is 25.9 Å². The zero-order valence-corrected chi connectivity index (χ0v) is 18.9. The first kappa shape index (κ1) is 23.7. The first-order valence-corrected chi connectivity index (χ1v) is 10.7. The minimum atomic E-state index is -4.62. The first-order valence-electron chi connectivity index (χ1n) is 10.7. The number of hydrogen-bond donors (Lipinski definition) is 3. The van der Waals surface area contributed by atoms with E-state index in [4.69, 9.17) is 0 Å². The van der Waals surface area contributed by atoms with Gasteiger partial charge in [0.1, 0.15) is 5.82 Å². The van der Waals surface area contributed by atoms with Crippen LogP contribution in [0.15, 0.2) is 78.9 Å². The maximum atomic E-state index is 13.2. The Balaban J connectivity index is 1.45. The summed E-state index contributed by atoms with van der Waals surface area (Å²) in [7, 11) is 0. The number of anilines is 5. The summed E-state index contributed by atoms with van der Waals surface area (Å²) < 4.78 is 39.6. The van der Waals surface area contributed by atoms with Crippen molar-refractivity contribution in [2.45, 2.75) is 20.0 Å². The molecular formula is C26H22F3N5O. The third kappa shape index (κ3) is 6.14. The van der Waals surface area contributed by atoms with Gasteiger partial charge in [-0.05, 0) is 62.4 Å². The number of carbonyl (C=O) groups excluding carboxylic acids is 1. The number of nitrogens with one attached hydrogen (secondary N) is 3. The Morgan fingerprint density at radius 1 is 0.771 bits per heavy atom. The lowest BCUT2D eigenvalue weighted by atomic mass is 10.1. The molecule has 0 aliphatic heterocycles. The molecule has 178 valence electrons. The molecule has 35 heavy (non-hydrogen) atoms. The van der Waals surface area contributed by atoms with Gasteiger partial charge < -0.3 is 16.0 Å². The Morgan fingerprint density at radius 2 is 1.37 bits per heavy atom. The van der Waals surface area contributed by atoms with Gasteiger partial charge in [0.25, 0.3) is 5.91 Å². The van der Waals surface area contributed by atoms with E-state index < -0.39 is 23.2 Å². The number of nitrogens with zero attached hydrogens (tertiary/aromatic N) is 2. The third-order valence-corrected chi connectivity index (χ3v) is 5.05. The Kier molecular flexibility index (Phi) is 6.68. The number of amides is 1. The van der Waals surface area contributed by atoms with Crippen LogP contribution in [0.25, 0.3) is 0 Å². The third-order valence-electron chi connectivity index (χ3n) is 5.05. The molecule has 6 nitrogen and oxygen atoms in total. The van der Waals surface area contributed by atoms with Crippen molar-refractivity contribution in [1.29, 1.82) is 0 Å². The van der Waals surface area contributed by atoms with Crippen LogP contribution in [-0.4, -0.2) is 15.9 Å². The fourth-order valence-electron chi connectivity index (χ4n) is 3.37. The zero-order chi connectivity index (χ0) is 25.0. The molecule has 4 rings (SSSR count). The molecule has 0 radical (unpaired) electrons. The number of carbonyl (C=O) groups is 1. The number of aromatic nitrogens is 2. The average molecular weight is 477 g/mol. The predicted octanol–water partition coefficient (Wildman–Crippen LogP) is 6.85. The molecule has 0 bridgehead atoms. The minimum Gasteiger partial charge on any atom is -0.340 e. The zero-order valence-electron chi connectivity index (χ0n) is 18.9. The van der Waals surface area contributed by atoms with Crippen molar-refractivity contribution < 1.29 is 18.0 Å². The monoisotopic (exact) mass is 477 g/mol. The molecule has 0 saturated carbocycles. The molecule has 0 fully saturated rings. The Hall–Kier alpha value is -4.40. The number of halogens is 3. The van der Waals surface area contributed by atoms with Crippen LogP contribution in [0.4, 0.5) is 42.0 Å². The number of alkyl halides is 3. The van der Waals surface area contributed by atoms with Gasteiger partial charge in [-0.1, -0.05) is 29.8 Å². The second kappa shape index (κ2) is 9.84. The summed E-state index contributed by atoms with van der Waals surface area (Å²) >= 11 is 0. The summed E-state index contributed by atoms with van der Waals surface area (Å²) in [6, 6.07) is 20.9. The summed E-state index contributed by atoms with van der Waals surface area (Å²) in [6.07, 6.45) is -4.62. The summed E-state index contributed by atoms with van der Waals surface area (Å²) in [5.74, 6) is 0.156. The van der Waals surface area contributed by atoms with E-state index >= 15 is 0 Å². The standard InChI is InChI=1S/C26H22F3N5O/c1-16-7-9-20(10-8-16)33-25-30-17(2)15-23(34-25)31-18-11-13-19(14-12-18)32-24(35)21-5-3-4-6-22(21)26(27,28)29/h3-15H,1-2H3,(H,32,35)(H2,30,31,33,34). The topological polar surface area (TPSA) is 78.9 Å². The maximum absolute atomic E-state index is 13.2. The molecule has 0 aliphatic carbocycles. The van der Waals surface area contributed by atoms with E-state index in [0.29, 0.717) is 23.1 Å². The quantitative estimate of drug-likeness (QED) is 0.283. The summed E-state index contributed by atoms with van der Waals surface area (Å²) in [6.45, 7) is 3.86. The van der Waals surface area contributed by atoms with Gasteiger partial charge >= 0.3 is 6.18 Å². The van der Waals surface area contributed by atoms with Crippen molar-refractivity contribution in [3.05, 3.63) is 101 Å². The van der Waals surface area contributed by atoms with E-state index in [1.807, 2.05) is 38.1 Å². The highest BCUT2D eigenvalue weighted by Gasteiger charge is 2.34. The second-order valence-electron chi connectivity index (χ2n) is 7.91. The number of aryl methyl sites for hydroxylation is 2. The van der Waals surface area contributed by atoms with E-state index in [1.54, 1.807) is 30.3 Å². The molecule has 9 heteroatoms. The van der Waals surface area contributed by atoms with Crippen LogP contribution in [0, 0.1) is 13.8 Å². The second-order valence-corrected chi connectivity index (χ2v) is 7.91. The largest absolute Gasteiger partial charge is 0.417 e. The Labute approximate surface area is 200 Å². The van der Waals surface area contributed by atoms with E-state index in [9.17, 15) is 18.0 Å². The number of benzene rings is 3. The molecular weight excluding hydrogens is 455 g/mol. The maximum Gasteiger partial charge on any atom is 0.417 e. The molecule has 1 amide bonds. The molecule has 4 aromatic rings. The summed E-state index contributed by atoms with van der Waals surface area (Å²) in [5.41, 5.74) is 2.38. The number of rotatable bonds is 6. The van der Waals surface area contributed by atoms with Crippen molar-refractivity contribution >= 4 is 34.7 Å². The Morgan fingerprint density at radius 3 is 2.06 bits per heavy atom. The summed E-state index contributed by atoms with van der Waals surface area (Å²) in [4.78, 5) is 21.3. The molecule has 3 aromatic carbocycles. The number of hydrogen-bond acceptors (Lipinski definition) is 5. The van der Waals surface area contributed by atoms with Gasteiger partial charge in [0.2, 0.25) is 5.95 Å². The molecule has 1 aromatic heterocycles. The van der Waals surface area contributed by atoms with Gasteiger partial charge in [0, 0.05) is 28.8 Å². The molecule has 1 heterocycles. The smallest absolute Gasteiger partial charge is 0.340 e. The minimum absolute atomic E-state index is 0.359. The molecule has 0 atom stereocenters. The van der Waals surface area contributed by atoms with Crippen LogP contribution in [0.3, 0.4) is 0 Å². The predicted molar refractivity (Wildman–Crippen MR) is 130 cm³/mol. The highest BCUT2D eigenvalue weighted by Crippen LogP contribution is 2.32. The van der Waals surface area contributed by atoms with Gasteiger partial charge in [0.15, 0.2) is 0 Å². The molecule has 0 saturated heterocycles. The van der Waals surface area contributed by atoms with E-state index in [0.717, 1.165) is 29.1 Å². The first-order chi connectivity index (χ1) is 16.7. The summed E-state index contributed by atoms with van der Waals surface area (Å²) in [5, 5.41) is 8.85. The van der Waals surface area contributed by atoms with E-state index in [1.165, 1.54) is 12.1 Å². The highest BCUT2D eigenvalue weighted by atomic mass is 19.4. The normalized spacial score (nSPS) is 11.1. The SMILES string of the molecule is Cc1ccc(Nc2nc(C)cc(Nc3ccc(NC(=O)c4ccccc4C(F)(F)F)cc3)n2)cc1. The van der Waals surface area contributed by atoms with Gasteiger partial charge in [-0.25, -0.2) is 4.98 Å². The molecule has 0 spiro atoms. The Bertz CT molecular complexity index is 1340. The van der Waals surface area contributed by atoms with Crippen molar-refractivity contribution in [2.75, 3.05) is 16.0 Å². The van der Waals surface area contributed by atoms with Crippen molar-refractivity contribution in [2.24, 2.45) is 0 Å². The average Bonchev–Trinajstić information content (AvgIpc) is 2.81. The fourth-order valence-corrected chi connectivity index (χ4v) is 3.37. The van der Waals surface area contributed by atoms with Crippen LogP contribution < -0.4 is 16.0 Å². The lowest BCUT2D eigenvalue weighted by molar-refractivity contribution is -0.137. The van der Waals surface area contributed by atoms with Crippen molar-refractivity contribution in [3.8, 4) is 0 Å². The van der Waals surface area contributed by atoms with Crippen molar-refractivity contribution in [3.63, 3.8) is 0 Å². The fraction of sp³-hybridized carbons (Fsp3) is 0.115. The van der Waals surface area contributed by atoms with Crippen LogP contribution in [0.5, 0.6) is 0 Å². The van der Waals surface area contributed by atoms with Crippen LogP contribution >= 0.6 is 0 Å². The molecule has 0 aliphatic rings. The highest BCUT2D eigenvalue weighted by molar-refractivity contribution is 6.05. The molecule has 0 unspecified atom stereocenters. The van der Waals surface area contributed by atoms with Gasteiger partial charge in [-0.3, -0.25) is 4.79 Å². The van der Waals surface area contributed by atoms with Gasteiger partial charge in [-0.2, -0.15) is 18.2 Å². The van der Waals surface area contributed by atoms with Crippen LogP contribution in [-0.2, 0) is 6.18 Å². The lowest BCUT2D eigenvalue weighted by Gasteiger charge is -2.13.